The van der Waals surface area contributed by atoms with Crippen molar-refractivity contribution in [2.75, 3.05) is 13.1 Å². The second kappa shape index (κ2) is 4.72. The molecule has 1 aromatic heterocycles. The standard InChI is InChI=1S/C10H15N3OS/c11-10(14)8-1-3-13(4-2-8)6-9-5-12-7-15-9/h5,7-8H,1-4,6H2,(H2,11,14). The number of carbonyl (C=O) groups is 1. The first-order chi connectivity index (χ1) is 7.25. The van der Waals surface area contributed by atoms with Crippen LogP contribution in [0.3, 0.4) is 0 Å². The van der Waals surface area contributed by atoms with E-state index in [-0.39, 0.29) is 11.8 Å². The van der Waals surface area contributed by atoms with E-state index in [1.165, 1.54) is 4.88 Å². The molecule has 1 fully saturated rings. The van der Waals surface area contributed by atoms with E-state index in [0.717, 1.165) is 32.5 Å². The third-order valence-corrected chi connectivity index (χ3v) is 3.62. The second-order valence-electron chi connectivity index (χ2n) is 3.92. The van der Waals surface area contributed by atoms with Crippen LogP contribution in [0.15, 0.2) is 11.7 Å². The molecule has 1 amide bonds. The van der Waals surface area contributed by atoms with Crippen LogP contribution in [0.2, 0.25) is 0 Å². The van der Waals surface area contributed by atoms with Crippen LogP contribution in [-0.4, -0.2) is 28.9 Å². The Labute approximate surface area is 93.1 Å². The molecule has 0 aliphatic carbocycles. The molecule has 4 nitrogen and oxygen atoms in total. The van der Waals surface area contributed by atoms with Crippen LogP contribution >= 0.6 is 11.3 Å². The van der Waals surface area contributed by atoms with Crippen LogP contribution < -0.4 is 5.73 Å². The summed E-state index contributed by atoms with van der Waals surface area (Å²) in [6.07, 6.45) is 3.70. The molecule has 2 rings (SSSR count). The topological polar surface area (TPSA) is 59.2 Å². The normalized spacial score (nSPS) is 19.2. The Morgan fingerprint density at radius 1 is 1.60 bits per heavy atom. The summed E-state index contributed by atoms with van der Waals surface area (Å²) in [4.78, 5) is 18.7. The lowest BCUT2D eigenvalue weighted by atomic mass is 9.96. The highest BCUT2D eigenvalue weighted by Gasteiger charge is 2.22. The quantitative estimate of drug-likeness (QED) is 0.829. The molecule has 0 spiro atoms. The van der Waals surface area contributed by atoms with Gasteiger partial charge in [0, 0.05) is 23.5 Å². The van der Waals surface area contributed by atoms with Gasteiger partial charge in [0.15, 0.2) is 0 Å². The minimum Gasteiger partial charge on any atom is -0.369 e. The second-order valence-corrected chi connectivity index (χ2v) is 4.89. The zero-order chi connectivity index (χ0) is 10.7. The first-order valence-corrected chi connectivity index (χ1v) is 6.02. The average molecular weight is 225 g/mol. The van der Waals surface area contributed by atoms with Gasteiger partial charge in [0.25, 0.3) is 0 Å². The summed E-state index contributed by atoms with van der Waals surface area (Å²) in [5, 5.41) is 0. The molecule has 0 atom stereocenters. The Kier molecular flexibility index (Phi) is 3.33. The van der Waals surface area contributed by atoms with Gasteiger partial charge >= 0.3 is 0 Å². The van der Waals surface area contributed by atoms with Crippen molar-refractivity contribution in [3.63, 3.8) is 0 Å². The summed E-state index contributed by atoms with van der Waals surface area (Å²) in [7, 11) is 0. The van der Waals surface area contributed by atoms with E-state index < -0.39 is 0 Å². The number of hydrogen-bond donors (Lipinski definition) is 1. The number of aromatic nitrogens is 1. The van der Waals surface area contributed by atoms with Gasteiger partial charge in [-0.2, -0.15) is 0 Å². The van der Waals surface area contributed by atoms with E-state index in [1.54, 1.807) is 11.3 Å². The van der Waals surface area contributed by atoms with Crippen molar-refractivity contribution in [3.05, 3.63) is 16.6 Å². The molecule has 0 unspecified atom stereocenters. The van der Waals surface area contributed by atoms with Gasteiger partial charge in [0.1, 0.15) is 0 Å². The van der Waals surface area contributed by atoms with Crippen molar-refractivity contribution in [2.24, 2.45) is 11.7 Å². The summed E-state index contributed by atoms with van der Waals surface area (Å²) in [5.74, 6) is -0.0600. The Morgan fingerprint density at radius 2 is 2.33 bits per heavy atom. The molecule has 1 aliphatic heterocycles. The number of hydrogen-bond acceptors (Lipinski definition) is 4. The predicted molar refractivity (Wildman–Crippen MR) is 59.3 cm³/mol. The van der Waals surface area contributed by atoms with E-state index in [9.17, 15) is 4.79 Å². The molecular formula is C10H15N3OS. The number of primary amides is 1. The van der Waals surface area contributed by atoms with Crippen LogP contribution in [0.1, 0.15) is 17.7 Å². The molecule has 1 saturated heterocycles. The number of amides is 1. The fraction of sp³-hybridized carbons (Fsp3) is 0.600. The molecule has 0 saturated carbocycles. The molecule has 1 aromatic rings. The Bertz CT molecular complexity index is 317. The third-order valence-electron chi connectivity index (χ3n) is 2.85. The molecule has 15 heavy (non-hydrogen) atoms. The summed E-state index contributed by atoms with van der Waals surface area (Å²) in [6.45, 7) is 2.88. The number of rotatable bonds is 3. The SMILES string of the molecule is NC(=O)C1CCN(Cc2cncs2)CC1. The first-order valence-electron chi connectivity index (χ1n) is 5.15. The van der Waals surface area contributed by atoms with E-state index in [4.69, 9.17) is 5.73 Å². The van der Waals surface area contributed by atoms with E-state index in [2.05, 4.69) is 9.88 Å². The van der Waals surface area contributed by atoms with Crippen molar-refractivity contribution < 1.29 is 4.79 Å². The first kappa shape index (κ1) is 10.6. The summed E-state index contributed by atoms with van der Waals surface area (Å²) < 4.78 is 0. The fourth-order valence-corrected chi connectivity index (χ4v) is 2.55. The molecule has 0 radical (unpaired) electrons. The molecular weight excluding hydrogens is 210 g/mol. The van der Waals surface area contributed by atoms with Crippen LogP contribution in [0, 0.1) is 5.92 Å². The van der Waals surface area contributed by atoms with Crippen LogP contribution in [0.25, 0.3) is 0 Å². The summed E-state index contributed by atoms with van der Waals surface area (Å²) in [5.41, 5.74) is 7.14. The lowest BCUT2D eigenvalue weighted by Gasteiger charge is -2.29. The number of nitrogens with two attached hydrogens (primary N) is 1. The fourth-order valence-electron chi connectivity index (χ4n) is 1.92. The molecule has 1 aliphatic rings. The van der Waals surface area contributed by atoms with Gasteiger partial charge in [0.2, 0.25) is 5.91 Å². The molecule has 5 heteroatoms. The van der Waals surface area contributed by atoms with Gasteiger partial charge in [-0.05, 0) is 25.9 Å². The number of likely N-dealkylation sites (tertiary alicyclic amines) is 1. The number of piperidine rings is 1. The van der Waals surface area contributed by atoms with Gasteiger partial charge < -0.3 is 5.73 Å². The number of carbonyl (C=O) groups excluding carboxylic acids is 1. The van der Waals surface area contributed by atoms with E-state index in [0.29, 0.717) is 0 Å². The highest BCUT2D eigenvalue weighted by Crippen LogP contribution is 2.19. The monoisotopic (exact) mass is 225 g/mol. The van der Waals surface area contributed by atoms with Gasteiger partial charge in [-0.1, -0.05) is 0 Å². The smallest absolute Gasteiger partial charge is 0.220 e. The van der Waals surface area contributed by atoms with Gasteiger partial charge in [-0.15, -0.1) is 11.3 Å². The van der Waals surface area contributed by atoms with Crippen LogP contribution in [0.4, 0.5) is 0 Å². The van der Waals surface area contributed by atoms with E-state index >= 15 is 0 Å². The Hall–Kier alpha value is -0.940. The lowest BCUT2D eigenvalue weighted by Crippen LogP contribution is -2.37. The maximum Gasteiger partial charge on any atom is 0.220 e. The Balaban J connectivity index is 1.81. The highest BCUT2D eigenvalue weighted by molar-refractivity contribution is 7.09. The molecule has 82 valence electrons. The highest BCUT2D eigenvalue weighted by atomic mass is 32.1. The minimum absolute atomic E-state index is 0.0858. The molecule has 0 bridgehead atoms. The van der Waals surface area contributed by atoms with Crippen molar-refractivity contribution in [2.45, 2.75) is 19.4 Å². The Morgan fingerprint density at radius 3 is 2.87 bits per heavy atom. The molecule has 2 heterocycles. The molecule has 2 N–H and O–H groups in total. The zero-order valence-corrected chi connectivity index (χ0v) is 9.37. The van der Waals surface area contributed by atoms with Crippen LogP contribution in [-0.2, 0) is 11.3 Å². The largest absolute Gasteiger partial charge is 0.369 e. The van der Waals surface area contributed by atoms with Crippen molar-refractivity contribution in [1.82, 2.24) is 9.88 Å². The maximum atomic E-state index is 11.0. The zero-order valence-electron chi connectivity index (χ0n) is 8.56. The summed E-state index contributed by atoms with van der Waals surface area (Å²) in [6, 6.07) is 0. The number of nitrogens with zero attached hydrogens (tertiary/aromatic N) is 2. The van der Waals surface area contributed by atoms with Gasteiger partial charge in [-0.3, -0.25) is 14.7 Å². The predicted octanol–water partition coefficient (Wildman–Crippen LogP) is 0.840. The average Bonchev–Trinajstić information content (AvgIpc) is 2.71. The third kappa shape index (κ3) is 2.76. The van der Waals surface area contributed by atoms with E-state index in [1.807, 2.05) is 11.7 Å². The van der Waals surface area contributed by atoms with Crippen molar-refractivity contribution >= 4 is 17.2 Å². The van der Waals surface area contributed by atoms with Crippen molar-refractivity contribution in [3.8, 4) is 0 Å². The maximum absolute atomic E-state index is 11.0. The number of thiazole rings is 1. The van der Waals surface area contributed by atoms with Crippen molar-refractivity contribution in [1.29, 1.82) is 0 Å². The molecule has 0 aromatic carbocycles. The van der Waals surface area contributed by atoms with Gasteiger partial charge in [-0.25, -0.2) is 0 Å². The lowest BCUT2D eigenvalue weighted by molar-refractivity contribution is -0.123. The van der Waals surface area contributed by atoms with Crippen LogP contribution in [0.5, 0.6) is 0 Å². The minimum atomic E-state index is -0.146. The summed E-state index contributed by atoms with van der Waals surface area (Å²) >= 11 is 1.68. The van der Waals surface area contributed by atoms with Gasteiger partial charge in [0.05, 0.1) is 5.51 Å².